The van der Waals surface area contributed by atoms with Crippen molar-refractivity contribution in [3.8, 4) is 11.5 Å². The lowest BCUT2D eigenvalue weighted by atomic mass is 10.1. The average molecular weight is 368 g/mol. The van der Waals surface area contributed by atoms with Crippen molar-refractivity contribution < 1.29 is 19.1 Å². The van der Waals surface area contributed by atoms with Gasteiger partial charge in [0.25, 0.3) is 5.91 Å². The molecule has 0 bridgehead atoms. The number of likely N-dealkylation sites (tertiary alicyclic amines) is 1. The number of rotatable bonds is 7. The van der Waals surface area contributed by atoms with Gasteiger partial charge in [-0.3, -0.25) is 14.5 Å². The third-order valence-electron chi connectivity index (χ3n) is 4.71. The number of hydrogen-bond donors (Lipinski definition) is 1. The minimum atomic E-state index is -0.509. The van der Waals surface area contributed by atoms with Crippen LogP contribution in [0.3, 0.4) is 0 Å². The molecule has 1 fully saturated rings. The zero-order chi connectivity index (χ0) is 19.4. The smallest absolute Gasteiger partial charge is 0.252 e. The highest BCUT2D eigenvalue weighted by atomic mass is 16.5. The van der Waals surface area contributed by atoms with E-state index in [9.17, 15) is 9.59 Å². The van der Waals surface area contributed by atoms with Gasteiger partial charge in [0.2, 0.25) is 5.91 Å². The van der Waals surface area contributed by atoms with E-state index >= 15 is 0 Å². The Bertz CT molecular complexity index is 833. The first kappa shape index (κ1) is 18.8. The van der Waals surface area contributed by atoms with Crippen LogP contribution in [-0.4, -0.2) is 43.5 Å². The van der Waals surface area contributed by atoms with Gasteiger partial charge in [0, 0.05) is 12.2 Å². The summed E-state index contributed by atoms with van der Waals surface area (Å²) in [6.07, 6.45) is 0.744. The lowest BCUT2D eigenvalue weighted by Crippen LogP contribution is -2.36. The van der Waals surface area contributed by atoms with Crippen LogP contribution in [0.15, 0.2) is 42.5 Å². The van der Waals surface area contributed by atoms with Crippen molar-refractivity contribution in [2.45, 2.75) is 25.8 Å². The van der Waals surface area contributed by atoms with Crippen LogP contribution in [0.25, 0.3) is 0 Å². The molecule has 6 heteroatoms. The van der Waals surface area contributed by atoms with Crippen LogP contribution in [0.2, 0.25) is 0 Å². The molecular weight excluding hydrogens is 344 g/mol. The molecule has 1 N–H and O–H groups in total. The number of hydrogen-bond acceptors (Lipinski definition) is 5. The van der Waals surface area contributed by atoms with Gasteiger partial charge < -0.3 is 14.8 Å². The molecule has 0 saturated carbocycles. The number of anilines is 1. The molecule has 3 rings (SSSR count). The number of ether oxygens (including phenoxy) is 2. The molecule has 0 aromatic heterocycles. The number of methoxy groups -OCH3 is 2. The summed E-state index contributed by atoms with van der Waals surface area (Å²) < 4.78 is 10.5. The van der Waals surface area contributed by atoms with E-state index in [1.165, 1.54) is 4.90 Å². The van der Waals surface area contributed by atoms with Crippen LogP contribution in [0.1, 0.15) is 17.5 Å². The number of imide groups is 1. The topological polar surface area (TPSA) is 67.9 Å². The summed E-state index contributed by atoms with van der Waals surface area (Å²) in [6.45, 7) is 2.35. The largest absolute Gasteiger partial charge is 0.493 e. The van der Waals surface area contributed by atoms with Crippen molar-refractivity contribution in [1.29, 1.82) is 0 Å². The predicted octanol–water partition coefficient (Wildman–Crippen LogP) is 2.79. The van der Waals surface area contributed by atoms with Crippen LogP contribution in [0.5, 0.6) is 11.5 Å². The quantitative estimate of drug-likeness (QED) is 0.761. The molecule has 1 atom stereocenters. The summed E-state index contributed by atoms with van der Waals surface area (Å²) in [5.41, 5.74) is 2.96. The average Bonchev–Trinajstić information content (AvgIpc) is 2.94. The molecule has 0 aliphatic carbocycles. The first-order valence-corrected chi connectivity index (χ1v) is 8.90. The van der Waals surface area contributed by atoms with Gasteiger partial charge in [0.15, 0.2) is 11.5 Å². The first-order chi connectivity index (χ1) is 13.0. The lowest BCUT2D eigenvalue weighted by molar-refractivity contribution is -0.138. The minimum absolute atomic E-state index is 0.148. The molecule has 0 spiro atoms. The molecule has 142 valence electrons. The van der Waals surface area contributed by atoms with Crippen LogP contribution in [0, 0.1) is 6.92 Å². The number of carbonyl (C=O) groups excluding carboxylic acids is 2. The number of nitrogens with one attached hydrogen (secondary N) is 1. The minimum Gasteiger partial charge on any atom is -0.493 e. The summed E-state index contributed by atoms with van der Waals surface area (Å²) in [6, 6.07) is 12.9. The van der Waals surface area contributed by atoms with E-state index in [-0.39, 0.29) is 18.2 Å². The first-order valence-electron chi connectivity index (χ1n) is 8.90. The summed E-state index contributed by atoms with van der Waals surface area (Å²) in [7, 11) is 3.16. The number of aryl methyl sites for hydroxylation is 1. The van der Waals surface area contributed by atoms with Gasteiger partial charge in [0.05, 0.1) is 20.6 Å². The SMILES string of the molecule is COc1ccc(CCN2C(=O)C[C@H](Nc3ccc(C)cc3)C2=O)cc1OC. The summed E-state index contributed by atoms with van der Waals surface area (Å²) >= 11 is 0. The molecule has 1 aliphatic heterocycles. The monoisotopic (exact) mass is 368 g/mol. The lowest BCUT2D eigenvalue weighted by Gasteiger charge is -2.16. The summed E-state index contributed by atoms with van der Waals surface area (Å²) in [5, 5.41) is 3.16. The Hall–Kier alpha value is -3.02. The highest BCUT2D eigenvalue weighted by molar-refractivity contribution is 6.06. The van der Waals surface area contributed by atoms with E-state index in [1.54, 1.807) is 14.2 Å². The van der Waals surface area contributed by atoms with Crippen molar-refractivity contribution in [3.05, 3.63) is 53.6 Å². The van der Waals surface area contributed by atoms with Crippen molar-refractivity contribution in [1.82, 2.24) is 4.90 Å². The molecule has 1 heterocycles. The fraction of sp³-hybridized carbons (Fsp3) is 0.333. The fourth-order valence-corrected chi connectivity index (χ4v) is 3.16. The highest BCUT2D eigenvalue weighted by Gasteiger charge is 2.38. The maximum atomic E-state index is 12.6. The van der Waals surface area contributed by atoms with E-state index in [0.717, 1.165) is 16.8 Å². The fourth-order valence-electron chi connectivity index (χ4n) is 3.16. The molecule has 27 heavy (non-hydrogen) atoms. The van der Waals surface area contributed by atoms with Crippen molar-refractivity contribution in [3.63, 3.8) is 0 Å². The van der Waals surface area contributed by atoms with Gasteiger partial charge in [-0.2, -0.15) is 0 Å². The Morgan fingerprint density at radius 1 is 1.04 bits per heavy atom. The molecule has 1 saturated heterocycles. The Kier molecular flexibility index (Phi) is 5.64. The molecular formula is C21H24N2O4. The zero-order valence-corrected chi connectivity index (χ0v) is 15.8. The highest BCUT2D eigenvalue weighted by Crippen LogP contribution is 2.28. The molecule has 1 aliphatic rings. The molecule has 2 amide bonds. The second-order valence-electron chi connectivity index (χ2n) is 6.59. The second-order valence-corrected chi connectivity index (χ2v) is 6.59. The van der Waals surface area contributed by atoms with E-state index < -0.39 is 6.04 Å². The normalized spacial score (nSPS) is 16.6. The Balaban J connectivity index is 1.63. The van der Waals surface area contributed by atoms with Gasteiger partial charge >= 0.3 is 0 Å². The molecule has 6 nitrogen and oxygen atoms in total. The Labute approximate surface area is 159 Å². The van der Waals surface area contributed by atoms with E-state index in [1.807, 2.05) is 49.4 Å². The van der Waals surface area contributed by atoms with Crippen molar-refractivity contribution in [2.24, 2.45) is 0 Å². The third kappa shape index (κ3) is 4.22. The van der Waals surface area contributed by atoms with E-state index in [2.05, 4.69) is 5.32 Å². The zero-order valence-electron chi connectivity index (χ0n) is 15.8. The predicted molar refractivity (Wildman–Crippen MR) is 103 cm³/mol. The van der Waals surface area contributed by atoms with Gasteiger partial charge in [-0.25, -0.2) is 0 Å². The number of carbonyl (C=O) groups is 2. The molecule has 2 aromatic rings. The molecule has 0 unspecified atom stereocenters. The van der Waals surface area contributed by atoms with E-state index in [0.29, 0.717) is 24.5 Å². The second kappa shape index (κ2) is 8.12. The van der Waals surface area contributed by atoms with Crippen molar-refractivity contribution >= 4 is 17.5 Å². The standard InChI is InChI=1S/C21H24N2O4/c1-14-4-7-16(8-5-14)22-17-13-20(24)23(21(17)25)11-10-15-6-9-18(26-2)19(12-15)27-3/h4-9,12,17,22H,10-11,13H2,1-3H3/t17-/m0/s1. The van der Waals surface area contributed by atoms with Gasteiger partial charge in [-0.1, -0.05) is 23.8 Å². The molecule has 2 aromatic carbocycles. The maximum Gasteiger partial charge on any atom is 0.252 e. The maximum absolute atomic E-state index is 12.6. The Morgan fingerprint density at radius 2 is 1.74 bits per heavy atom. The van der Waals surface area contributed by atoms with Crippen molar-refractivity contribution in [2.75, 3.05) is 26.1 Å². The summed E-state index contributed by atoms with van der Waals surface area (Å²) in [5.74, 6) is 0.955. The molecule has 0 radical (unpaired) electrons. The van der Waals surface area contributed by atoms with Crippen LogP contribution < -0.4 is 14.8 Å². The van der Waals surface area contributed by atoms with Crippen LogP contribution in [-0.2, 0) is 16.0 Å². The summed E-state index contributed by atoms with van der Waals surface area (Å²) in [4.78, 5) is 26.3. The van der Waals surface area contributed by atoms with Gasteiger partial charge in [-0.15, -0.1) is 0 Å². The Morgan fingerprint density at radius 3 is 2.41 bits per heavy atom. The van der Waals surface area contributed by atoms with Crippen LogP contribution >= 0.6 is 0 Å². The number of benzene rings is 2. The third-order valence-corrected chi connectivity index (χ3v) is 4.71. The van der Waals surface area contributed by atoms with Gasteiger partial charge in [-0.05, 0) is 43.2 Å². The van der Waals surface area contributed by atoms with Crippen LogP contribution in [0.4, 0.5) is 5.69 Å². The van der Waals surface area contributed by atoms with E-state index in [4.69, 9.17) is 9.47 Å². The number of amides is 2. The van der Waals surface area contributed by atoms with Gasteiger partial charge in [0.1, 0.15) is 6.04 Å². The number of nitrogens with zero attached hydrogens (tertiary/aromatic N) is 1.